The Balaban J connectivity index is 0.000000289. The minimum Gasteiger partial charge on any atom is -1.00 e. The van der Waals surface area contributed by atoms with E-state index in [1.165, 1.54) is 5.56 Å². The maximum absolute atomic E-state index is 4.41. The summed E-state index contributed by atoms with van der Waals surface area (Å²) in [5.74, 6) is 0. The number of halogens is 2. The predicted octanol–water partition coefficient (Wildman–Crippen LogP) is 2.19. The molecule has 0 saturated carbocycles. The summed E-state index contributed by atoms with van der Waals surface area (Å²) in [5, 5.41) is 12.6. The lowest BCUT2D eigenvalue weighted by atomic mass is 10.2. The summed E-state index contributed by atoms with van der Waals surface area (Å²) in [7, 11) is 1.98. The van der Waals surface area contributed by atoms with Crippen LogP contribution in [0.5, 0.6) is 0 Å². The Morgan fingerprint density at radius 1 is 0.875 bits per heavy atom. The van der Waals surface area contributed by atoms with Gasteiger partial charge in [0.25, 0.3) is 0 Å². The van der Waals surface area contributed by atoms with Crippen molar-refractivity contribution < 1.29 is 28.7 Å². The average Bonchev–Trinajstić information content (AvgIpc) is 3.44. The number of alkyl halides is 1. The lowest BCUT2D eigenvalue weighted by Gasteiger charge is -1.94. The summed E-state index contributed by atoms with van der Waals surface area (Å²) in [6, 6.07) is 20.4. The summed E-state index contributed by atoms with van der Waals surface area (Å²) in [6.07, 6.45) is 6.27. The Hall–Kier alpha value is -1.82. The van der Waals surface area contributed by atoms with Crippen LogP contribution in [0, 0.1) is 0 Å². The second-order valence-corrected chi connectivity index (χ2v) is 6.89. The molecule has 0 spiro atoms. The third-order valence-corrected chi connectivity index (χ3v) is 4.45. The number of rotatable bonds is 6. The molecule has 8 heteroatoms. The molecule has 2 heterocycles. The van der Waals surface area contributed by atoms with Gasteiger partial charge in [-0.2, -0.15) is 0 Å². The largest absolute Gasteiger partial charge is 1.00 e. The molecule has 2 aromatic carbocycles. The Labute approximate surface area is 222 Å². The van der Waals surface area contributed by atoms with Gasteiger partial charge < -0.3 is 24.0 Å². The van der Waals surface area contributed by atoms with Gasteiger partial charge >= 0.3 is 0 Å². The van der Waals surface area contributed by atoms with Gasteiger partial charge in [0, 0.05) is 17.7 Å². The van der Waals surface area contributed by atoms with Crippen molar-refractivity contribution in [3.63, 3.8) is 0 Å². The van der Waals surface area contributed by atoms with Gasteiger partial charge in [-0.1, -0.05) is 102 Å². The van der Waals surface area contributed by atoms with Crippen LogP contribution in [0.3, 0.4) is 0 Å². The molecule has 172 valence electrons. The first-order valence-corrected chi connectivity index (χ1v) is 12.7. The Bertz CT molecular complexity index is 1000. The summed E-state index contributed by atoms with van der Waals surface area (Å²) in [5.41, 5.74) is 4.43. The molecule has 0 aliphatic rings. The Morgan fingerprint density at radius 2 is 1.47 bits per heavy atom. The van der Waals surface area contributed by atoms with E-state index in [0.29, 0.717) is 0 Å². The zero-order valence-electron chi connectivity index (χ0n) is 19.2. The summed E-state index contributed by atoms with van der Waals surface area (Å²) < 4.78 is 5.79. The van der Waals surface area contributed by atoms with Gasteiger partial charge in [-0.05, 0) is 17.8 Å². The first kappa shape index (κ1) is 28.2. The number of benzene rings is 2. The number of aryl methyl sites for hydroxylation is 3. The fraction of sp³-hybridized carbons (Fsp3) is 0.333. The van der Waals surface area contributed by atoms with E-state index in [1.54, 1.807) is 0 Å². The van der Waals surface area contributed by atoms with E-state index in [9.17, 15) is 0 Å². The van der Waals surface area contributed by atoms with E-state index in [-0.39, 0.29) is 24.0 Å². The fourth-order valence-corrected chi connectivity index (χ4v) is 3.06. The molecule has 6 nitrogen and oxygen atoms in total. The monoisotopic (exact) mass is 658 g/mol. The zero-order chi connectivity index (χ0) is 22.5. The van der Waals surface area contributed by atoms with Crippen LogP contribution >= 0.6 is 22.6 Å². The average molecular weight is 658 g/mol. The van der Waals surface area contributed by atoms with E-state index >= 15 is 0 Å². The lowest BCUT2D eigenvalue weighted by Crippen LogP contribution is -3.00. The van der Waals surface area contributed by atoms with Crippen molar-refractivity contribution in [2.75, 3.05) is 4.93 Å². The van der Waals surface area contributed by atoms with Crippen molar-refractivity contribution >= 4 is 22.6 Å². The zero-order valence-corrected chi connectivity index (χ0v) is 23.5. The topological polar surface area (TPSA) is 52.4 Å². The van der Waals surface area contributed by atoms with E-state index in [1.807, 2.05) is 80.8 Å². The van der Waals surface area contributed by atoms with Crippen LogP contribution in [-0.4, -0.2) is 29.8 Å². The fourth-order valence-electron chi connectivity index (χ4n) is 3.06. The van der Waals surface area contributed by atoms with E-state index < -0.39 is 0 Å². The van der Waals surface area contributed by atoms with Crippen LogP contribution in [-0.2, 0) is 20.1 Å². The molecule has 0 atom stereocenters. The molecule has 2 aromatic heterocycles. The summed E-state index contributed by atoms with van der Waals surface area (Å²) in [6.45, 7) is 6.19. The minimum atomic E-state index is 0. The van der Waals surface area contributed by atoms with Gasteiger partial charge in [0.1, 0.15) is 19.3 Å². The third kappa shape index (κ3) is 8.61. The van der Waals surface area contributed by atoms with Gasteiger partial charge in [0.05, 0.1) is 11.4 Å². The van der Waals surface area contributed by atoms with Crippen LogP contribution in [0.1, 0.15) is 26.7 Å². The van der Waals surface area contributed by atoms with Crippen molar-refractivity contribution in [2.45, 2.75) is 39.8 Å². The molecule has 0 aliphatic heterocycles. The molecule has 0 saturated heterocycles. The van der Waals surface area contributed by atoms with Crippen LogP contribution in [0.4, 0.5) is 0 Å². The molecular weight excluding hydrogens is 626 g/mol. The molecule has 0 fully saturated rings. The van der Waals surface area contributed by atoms with Crippen molar-refractivity contribution in [3.05, 3.63) is 73.1 Å². The van der Waals surface area contributed by atoms with Gasteiger partial charge in [0.15, 0.2) is 11.9 Å². The third-order valence-electron chi connectivity index (χ3n) is 4.45. The molecule has 0 aliphatic carbocycles. The van der Waals surface area contributed by atoms with Gasteiger partial charge in [0.2, 0.25) is 0 Å². The Morgan fingerprint density at radius 3 is 2.03 bits per heavy atom. The van der Waals surface area contributed by atoms with Crippen molar-refractivity contribution in [3.8, 4) is 22.5 Å². The SMILES string of the molecule is CCC[n+]1cc(-c2ccccc2)n(C)n1.CCCn1cc(-c2ccccc2)nn1.CI.[I-]. The number of hydrogen-bond acceptors (Lipinski definition) is 3. The van der Waals surface area contributed by atoms with Crippen LogP contribution in [0.15, 0.2) is 73.1 Å². The highest BCUT2D eigenvalue weighted by Crippen LogP contribution is 2.15. The van der Waals surface area contributed by atoms with E-state index in [0.717, 1.165) is 42.9 Å². The highest BCUT2D eigenvalue weighted by atomic mass is 127. The maximum Gasteiger partial charge on any atom is 0.197 e. The molecule has 4 rings (SSSR count). The minimum absolute atomic E-state index is 0. The second kappa shape index (κ2) is 15.9. The van der Waals surface area contributed by atoms with E-state index in [2.05, 4.69) is 70.3 Å². The van der Waals surface area contributed by atoms with E-state index in [4.69, 9.17) is 0 Å². The highest BCUT2D eigenvalue weighted by molar-refractivity contribution is 14.1. The molecule has 4 aromatic rings. The summed E-state index contributed by atoms with van der Waals surface area (Å²) >= 11 is 2.15. The van der Waals surface area contributed by atoms with Crippen LogP contribution in [0.2, 0.25) is 0 Å². The lowest BCUT2D eigenvalue weighted by molar-refractivity contribution is -0.755. The molecule has 0 N–H and O–H groups in total. The maximum atomic E-state index is 4.41. The second-order valence-electron chi connectivity index (χ2n) is 6.89. The van der Waals surface area contributed by atoms with Crippen molar-refractivity contribution in [1.29, 1.82) is 0 Å². The quantitative estimate of drug-likeness (QED) is 0.182. The first-order valence-electron chi connectivity index (χ1n) is 10.5. The number of hydrogen-bond donors (Lipinski definition) is 0. The highest BCUT2D eigenvalue weighted by Gasteiger charge is 2.13. The molecule has 0 radical (unpaired) electrons. The predicted molar refractivity (Wildman–Crippen MR) is 135 cm³/mol. The standard InChI is InChI=1S/C12H16N3.C11H13N3.CH3I.HI/c1-3-9-15-10-12(14(2)13-15)11-7-5-4-6-8-11;1-2-8-14-9-11(12-13-14)10-6-4-3-5-7-10;1-2;/h4-8,10H,3,9H2,1-2H3;3-7,9H,2,8H2,1H3;1H3;1H/q+1;;;/p-1. The summed E-state index contributed by atoms with van der Waals surface area (Å²) in [4.78, 5) is 1.97. The molecule has 0 amide bonds. The van der Waals surface area contributed by atoms with Gasteiger partial charge in [-0.3, -0.25) is 4.68 Å². The normalized spacial score (nSPS) is 9.66. The first-order chi connectivity index (χ1) is 15.2. The van der Waals surface area contributed by atoms with Crippen molar-refractivity contribution in [1.82, 2.24) is 24.9 Å². The smallest absolute Gasteiger partial charge is 0.197 e. The molecular formula is C24H32I2N6. The van der Waals surface area contributed by atoms with Gasteiger partial charge in [-0.15, -0.1) is 14.5 Å². The molecule has 32 heavy (non-hydrogen) atoms. The van der Waals surface area contributed by atoms with Gasteiger partial charge in [-0.25, -0.2) is 0 Å². The number of nitrogens with zero attached hydrogens (tertiary/aromatic N) is 6. The van der Waals surface area contributed by atoms with Crippen molar-refractivity contribution in [2.24, 2.45) is 7.05 Å². The van der Waals surface area contributed by atoms with Crippen LogP contribution < -0.4 is 28.7 Å². The number of aromatic nitrogens is 6. The van der Waals surface area contributed by atoms with Crippen LogP contribution in [0.25, 0.3) is 22.5 Å². The Kier molecular flexibility index (Phi) is 14.0. The molecule has 0 bridgehead atoms. The molecule has 0 unspecified atom stereocenters.